The predicted octanol–water partition coefficient (Wildman–Crippen LogP) is 3.12. The maximum absolute atomic E-state index is 14.1. The van der Waals surface area contributed by atoms with Gasteiger partial charge in [-0.3, -0.25) is 14.6 Å². The zero-order valence-electron chi connectivity index (χ0n) is 15.0. The molecule has 1 aromatic heterocycles. The van der Waals surface area contributed by atoms with Crippen molar-refractivity contribution in [2.24, 2.45) is 0 Å². The van der Waals surface area contributed by atoms with Crippen LogP contribution in [0.2, 0.25) is 0 Å². The number of rotatable bonds is 5. The molecule has 0 bridgehead atoms. The number of hydrogen-bond donors (Lipinski definition) is 2. The van der Waals surface area contributed by atoms with Crippen LogP contribution < -0.4 is 10.6 Å². The molecule has 0 fully saturated rings. The normalized spacial score (nSPS) is 16.9. The van der Waals surface area contributed by atoms with Crippen molar-refractivity contribution in [2.75, 3.05) is 0 Å². The fourth-order valence-electron chi connectivity index (χ4n) is 3.51. The Hall–Kier alpha value is -2.83. The Morgan fingerprint density at radius 1 is 1.22 bits per heavy atom. The molecular formula is C20H21F2N3O2. The van der Waals surface area contributed by atoms with E-state index in [2.05, 4.69) is 15.6 Å². The third-order valence-electron chi connectivity index (χ3n) is 4.66. The van der Waals surface area contributed by atoms with Crippen LogP contribution in [0, 0.1) is 11.6 Å². The van der Waals surface area contributed by atoms with E-state index in [0.717, 1.165) is 42.7 Å². The summed E-state index contributed by atoms with van der Waals surface area (Å²) in [5.74, 6) is -2.46. The molecule has 0 saturated heterocycles. The van der Waals surface area contributed by atoms with Crippen molar-refractivity contribution in [1.29, 1.82) is 0 Å². The van der Waals surface area contributed by atoms with Crippen molar-refractivity contribution >= 4 is 11.8 Å². The van der Waals surface area contributed by atoms with E-state index in [1.807, 2.05) is 12.1 Å². The number of aryl methyl sites for hydroxylation is 1. The van der Waals surface area contributed by atoms with Crippen LogP contribution >= 0.6 is 0 Å². The molecule has 142 valence electrons. The number of benzene rings is 1. The van der Waals surface area contributed by atoms with Crippen LogP contribution in [0.25, 0.3) is 0 Å². The van der Waals surface area contributed by atoms with E-state index in [-0.39, 0.29) is 18.0 Å². The molecule has 0 saturated carbocycles. The van der Waals surface area contributed by atoms with Crippen molar-refractivity contribution in [1.82, 2.24) is 15.6 Å². The molecule has 0 radical (unpaired) electrons. The van der Waals surface area contributed by atoms with Gasteiger partial charge >= 0.3 is 0 Å². The van der Waals surface area contributed by atoms with Gasteiger partial charge in [-0.15, -0.1) is 0 Å². The van der Waals surface area contributed by atoms with Gasteiger partial charge in [0.1, 0.15) is 11.6 Å². The van der Waals surface area contributed by atoms with Crippen molar-refractivity contribution in [3.05, 3.63) is 65.0 Å². The van der Waals surface area contributed by atoms with Crippen LogP contribution in [-0.2, 0) is 16.0 Å². The third-order valence-corrected chi connectivity index (χ3v) is 4.66. The van der Waals surface area contributed by atoms with Crippen LogP contribution in [0.15, 0.2) is 36.5 Å². The van der Waals surface area contributed by atoms with Crippen molar-refractivity contribution in [3.8, 4) is 0 Å². The minimum absolute atomic E-state index is 0.196. The lowest BCUT2D eigenvalue weighted by Crippen LogP contribution is -2.36. The second kappa shape index (κ2) is 8.24. The van der Waals surface area contributed by atoms with Crippen LogP contribution in [0.5, 0.6) is 0 Å². The fraction of sp³-hybridized carbons (Fsp3) is 0.350. The Kier molecular flexibility index (Phi) is 5.78. The Morgan fingerprint density at radius 2 is 1.96 bits per heavy atom. The first kappa shape index (κ1) is 18.9. The Labute approximate surface area is 156 Å². The molecule has 7 heteroatoms. The van der Waals surface area contributed by atoms with Crippen LogP contribution in [0.4, 0.5) is 8.78 Å². The zero-order valence-corrected chi connectivity index (χ0v) is 15.0. The van der Waals surface area contributed by atoms with E-state index < -0.39 is 29.5 Å². The highest BCUT2D eigenvalue weighted by Crippen LogP contribution is 2.29. The summed E-state index contributed by atoms with van der Waals surface area (Å²) in [5.41, 5.74) is 1.60. The topological polar surface area (TPSA) is 71.1 Å². The number of carbonyl (C=O) groups is 2. The van der Waals surface area contributed by atoms with Gasteiger partial charge in [0.05, 0.1) is 18.5 Å². The fourth-order valence-corrected chi connectivity index (χ4v) is 3.51. The Bertz CT molecular complexity index is 837. The molecule has 2 atom stereocenters. The lowest BCUT2D eigenvalue weighted by atomic mass is 9.91. The maximum atomic E-state index is 14.1. The van der Waals surface area contributed by atoms with Gasteiger partial charge in [0.15, 0.2) is 0 Å². The number of nitrogens with zero attached hydrogens (tertiary/aromatic N) is 1. The Morgan fingerprint density at radius 3 is 2.67 bits per heavy atom. The quantitative estimate of drug-likeness (QED) is 0.846. The van der Waals surface area contributed by atoms with Gasteiger partial charge < -0.3 is 10.6 Å². The molecule has 2 N–H and O–H groups in total. The minimum Gasteiger partial charge on any atom is -0.349 e. The van der Waals surface area contributed by atoms with Gasteiger partial charge in [0.2, 0.25) is 11.8 Å². The average molecular weight is 373 g/mol. The minimum atomic E-state index is -1.08. The highest BCUT2D eigenvalue weighted by molar-refractivity contribution is 5.79. The average Bonchev–Trinajstić information content (AvgIpc) is 2.61. The van der Waals surface area contributed by atoms with Gasteiger partial charge in [-0.1, -0.05) is 12.1 Å². The van der Waals surface area contributed by atoms with Crippen LogP contribution in [-0.4, -0.2) is 16.8 Å². The summed E-state index contributed by atoms with van der Waals surface area (Å²) >= 11 is 0. The van der Waals surface area contributed by atoms with Gasteiger partial charge in [-0.05, 0) is 43.0 Å². The van der Waals surface area contributed by atoms with E-state index in [1.54, 1.807) is 6.20 Å². The lowest BCUT2D eigenvalue weighted by Gasteiger charge is -2.26. The first-order valence-corrected chi connectivity index (χ1v) is 8.90. The predicted molar refractivity (Wildman–Crippen MR) is 95.6 cm³/mol. The summed E-state index contributed by atoms with van der Waals surface area (Å²) in [5, 5.41) is 5.39. The SMILES string of the molecule is CC(=O)NC(CC(=O)NC1CCCc2ncccc21)c1c(F)cccc1F. The summed E-state index contributed by atoms with van der Waals surface area (Å²) in [7, 11) is 0. The molecule has 1 aliphatic carbocycles. The number of nitrogens with one attached hydrogen (secondary N) is 2. The lowest BCUT2D eigenvalue weighted by molar-refractivity contribution is -0.123. The zero-order chi connectivity index (χ0) is 19.4. The number of hydrogen-bond acceptors (Lipinski definition) is 3. The molecule has 2 aromatic rings. The Balaban J connectivity index is 1.77. The smallest absolute Gasteiger partial charge is 0.222 e. The molecular weight excluding hydrogens is 352 g/mol. The first-order chi connectivity index (χ1) is 13.0. The summed E-state index contributed by atoms with van der Waals surface area (Å²) in [6, 6.07) is 5.92. The van der Waals surface area contributed by atoms with E-state index in [9.17, 15) is 18.4 Å². The second-order valence-electron chi connectivity index (χ2n) is 6.64. The van der Waals surface area contributed by atoms with Gasteiger partial charge in [0.25, 0.3) is 0 Å². The molecule has 27 heavy (non-hydrogen) atoms. The molecule has 3 rings (SSSR count). The van der Waals surface area contributed by atoms with E-state index in [4.69, 9.17) is 0 Å². The number of fused-ring (bicyclic) bond motifs is 1. The van der Waals surface area contributed by atoms with Crippen LogP contribution in [0.1, 0.15) is 55.1 Å². The molecule has 0 aliphatic heterocycles. The number of aromatic nitrogens is 1. The summed E-state index contributed by atoms with van der Waals surface area (Å²) in [6.07, 6.45) is 3.98. The number of halogens is 2. The van der Waals surface area contributed by atoms with Crippen molar-refractivity contribution in [2.45, 2.75) is 44.7 Å². The van der Waals surface area contributed by atoms with Gasteiger partial charge in [0, 0.05) is 24.4 Å². The largest absolute Gasteiger partial charge is 0.349 e. The van der Waals surface area contributed by atoms with Crippen molar-refractivity contribution < 1.29 is 18.4 Å². The van der Waals surface area contributed by atoms with Gasteiger partial charge in [-0.25, -0.2) is 8.78 Å². The number of pyridine rings is 1. The second-order valence-corrected chi connectivity index (χ2v) is 6.64. The number of carbonyl (C=O) groups excluding carboxylic acids is 2. The van der Waals surface area contributed by atoms with E-state index in [0.29, 0.717) is 0 Å². The highest BCUT2D eigenvalue weighted by Gasteiger charge is 2.27. The van der Waals surface area contributed by atoms with Crippen molar-refractivity contribution in [3.63, 3.8) is 0 Å². The third kappa shape index (κ3) is 4.48. The molecule has 1 aliphatic rings. The molecule has 1 heterocycles. The molecule has 0 spiro atoms. The maximum Gasteiger partial charge on any atom is 0.222 e. The summed E-state index contributed by atoms with van der Waals surface area (Å²) in [6.45, 7) is 1.24. The standard InChI is InChI=1S/C20H21F2N3O2/c1-12(26)24-18(20-14(21)6-2-7-15(20)22)11-19(27)25-17-9-3-8-16-13(17)5-4-10-23-16/h2,4-7,10,17-18H,3,8-9,11H2,1H3,(H,24,26)(H,25,27). The molecule has 2 unspecified atom stereocenters. The molecule has 2 amide bonds. The summed E-state index contributed by atoms with van der Waals surface area (Å²) < 4.78 is 28.3. The molecule has 1 aromatic carbocycles. The van der Waals surface area contributed by atoms with Gasteiger partial charge in [-0.2, -0.15) is 0 Å². The summed E-state index contributed by atoms with van der Waals surface area (Å²) in [4.78, 5) is 28.4. The van der Waals surface area contributed by atoms with E-state index in [1.165, 1.54) is 13.0 Å². The van der Waals surface area contributed by atoms with E-state index >= 15 is 0 Å². The number of amides is 2. The highest BCUT2D eigenvalue weighted by atomic mass is 19.1. The van der Waals surface area contributed by atoms with Crippen LogP contribution in [0.3, 0.4) is 0 Å². The monoisotopic (exact) mass is 373 g/mol. The first-order valence-electron chi connectivity index (χ1n) is 8.90. The molecule has 5 nitrogen and oxygen atoms in total.